The molecule has 2 saturated carbocycles. The molecule has 0 N–H and O–H groups in total. The molecule has 0 heterocycles. The van der Waals surface area contributed by atoms with Crippen molar-refractivity contribution in [2.24, 2.45) is 5.92 Å². The van der Waals surface area contributed by atoms with Gasteiger partial charge in [0.15, 0.2) is 0 Å². The second-order valence-corrected chi connectivity index (χ2v) is 4.68. The molecule has 0 amide bonds. The van der Waals surface area contributed by atoms with Gasteiger partial charge in [-0.25, -0.2) is 4.79 Å². The predicted molar refractivity (Wildman–Crippen MR) is 54.8 cm³/mol. The van der Waals surface area contributed by atoms with E-state index >= 15 is 0 Å². The summed E-state index contributed by atoms with van der Waals surface area (Å²) in [5.41, 5.74) is 0.509. The van der Waals surface area contributed by atoms with E-state index in [2.05, 4.69) is 6.58 Å². The molecule has 0 aromatic carbocycles. The first-order chi connectivity index (χ1) is 6.65. The van der Waals surface area contributed by atoms with Gasteiger partial charge in [-0.1, -0.05) is 13.5 Å². The first-order valence-corrected chi connectivity index (χ1v) is 5.56. The second-order valence-electron chi connectivity index (χ2n) is 4.68. The molecule has 2 rings (SSSR count). The van der Waals surface area contributed by atoms with Crippen molar-refractivity contribution in [3.05, 3.63) is 12.2 Å². The van der Waals surface area contributed by atoms with Crippen molar-refractivity contribution in [3.8, 4) is 0 Å². The minimum absolute atomic E-state index is 0.0974. The summed E-state index contributed by atoms with van der Waals surface area (Å²) in [5, 5.41) is 0. The largest absolute Gasteiger partial charge is 0.456 e. The summed E-state index contributed by atoms with van der Waals surface area (Å²) in [6.45, 7) is 5.66. The fourth-order valence-corrected chi connectivity index (χ4v) is 2.69. The molecule has 2 aliphatic rings. The van der Waals surface area contributed by atoms with E-state index in [4.69, 9.17) is 4.74 Å². The van der Waals surface area contributed by atoms with Gasteiger partial charge in [0.05, 0.1) is 0 Å². The average molecular weight is 194 g/mol. The third-order valence-electron chi connectivity index (χ3n) is 3.70. The maximum absolute atomic E-state index is 11.6. The smallest absolute Gasteiger partial charge is 0.333 e. The molecule has 0 unspecified atom stereocenters. The summed E-state index contributed by atoms with van der Waals surface area (Å²) in [5.74, 6) is 0.646. The van der Waals surface area contributed by atoms with Crippen LogP contribution in [0.3, 0.4) is 0 Å². The minimum Gasteiger partial charge on any atom is -0.456 e. The van der Waals surface area contributed by atoms with Gasteiger partial charge in [0, 0.05) is 5.57 Å². The number of ether oxygens (including phenoxy) is 1. The lowest BCUT2D eigenvalue weighted by Crippen LogP contribution is -2.30. The van der Waals surface area contributed by atoms with Crippen molar-refractivity contribution in [2.45, 2.75) is 51.0 Å². The molecule has 78 valence electrons. The lowest BCUT2D eigenvalue weighted by atomic mass is 9.97. The van der Waals surface area contributed by atoms with Crippen LogP contribution in [0.15, 0.2) is 12.2 Å². The lowest BCUT2D eigenvalue weighted by Gasteiger charge is -2.26. The molecule has 0 aromatic heterocycles. The summed E-state index contributed by atoms with van der Waals surface area (Å²) in [7, 11) is 0. The third-order valence-corrected chi connectivity index (χ3v) is 3.70. The predicted octanol–water partition coefficient (Wildman–Crippen LogP) is 2.83. The van der Waals surface area contributed by atoms with Crippen LogP contribution in [0.4, 0.5) is 0 Å². The van der Waals surface area contributed by atoms with Crippen molar-refractivity contribution in [1.82, 2.24) is 0 Å². The van der Waals surface area contributed by atoms with Gasteiger partial charge >= 0.3 is 5.97 Å². The van der Waals surface area contributed by atoms with Crippen molar-refractivity contribution >= 4 is 5.97 Å². The summed E-state index contributed by atoms with van der Waals surface area (Å²) >= 11 is 0. The average Bonchev–Trinajstić information content (AvgIpc) is 2.75. The van der Waals surface area contributed by atoms with E-state index < -0.39 is 0 Å². The molecule has 0 aliphatic heterocycles. The van der Waals surface area contributed by atoms with Crippen molar-refractivity contribution in [3.63, 3.8) is 0 Å². The summed E-state index contributed by atoms with van der Waals surface area (Å²) in [6.07, 6.45) is 6.41. The molecule has 2 aliphatic carbocycles. The van der Waals surface area contributed by atoms with Gasteiger partial charge in [-0.05, 0) is 44.4 Å². The van der Waals surface area contributed by atoms with Crippen LogP contribution in [0, 0.1) is 5.92 Å². The topological polar surface area (TPSA) is 26.3 Å². The minimum atomic E-state index is -0.171. The first kappa shape index (κ1) is 9.75. The molecule has 0 radical (unpaired) electrons. The molecule has 0 spiro atoms. The van der Waals surface area contributed by atoms with Crippen molar-refractivity contribution < 1.29 is 9.53 Å². The van der Waals surface area contributed by atoms with Crippen LogP contribution >= 0.6 is 0 Å². The van der Waals surface area contributed by atoms with E-state index in [0.29, 0.717) is 12.0 Å². The monoisotopic (exact) mass is 194 g/mol. The van der Waals surface area contributed by atoms with Gasteiger partial charge in [-0.15, -0.1) is 0 Å². The zero-order valence-electron chi connectivity index (χ0n) is 8.84. The molecule has 2 bridgehead atoms. The molecule has 0 saturated heterocycles. The van der Waals surface area contributed by atoms with Crippen LogP contribution in [0.2, 0.25) is 0 Å². The van der Waals surface area contributed by atoms with Gasteiger partial charge in [0.2, 0.25) is 0 Å². The molecule has 14 heavy (non-hydrogen) atoms. The molecular formula is C12H18O2. The standard InChI is InChI=1S/C12H18O2/c1-3-9(2)11(13)14-12-6-4-10(8-12)5-7-12/h10H,2-8H2,1H3. The van der Waals surface area contributed by atoms with E-state index in [1.165, 1.54) is 12.8 Å². The van der Waals surface area contributed by atoms with Crippen molar-refractivity contribution in [1.29, 1.82) is 0 Å². The first-order valence-electron chi connectivity index (χ1n) is 5.56. The summed E-state index contributed by atoms with van der Waals surface area (Å²) in [4.78, 5) is 11.6. The Morgan fingerprint density at radius 2 is 2.14 bits per heavy atom. The van der Waals surface area contributed by atoms with E-state index in [-0.39, 0.29) is 11.6 Å². The van der Waals surface area contributed by atoms with Crippen LogP contribution in [-0.2, 0) is 9.53 Å². The highest BCUT2D eigenvalue weighted by Crippen LogP contribution is 2.50. The number of fused-ring (bicyclic) bond motifs is 2. The van der Waals surface area contributed by atoms with Crippen LogP contribution < -0.4 is 0 Å². The Kier molecular flexibility index (Phi) is 2.38. The Labute approximate surface area is 85.3 Å². The van der Waals surface area contributed by atoms with E-state index in [0.717, 1.165) is 25.2 Å². The Hall–Kier alpha value is -0.790. The highest BCUT2D eigenvalue weighted by atomic mass is 16.6. The van der Waals surface area contributed by atoms with Gasteiger partial charge in [0.25, 0.3) is 0 Å². The molecular weight excluding hydrogens is 176 g/mol. The zero-order chi connectivity index (χ0) is 10.2. The quantitative estimate of drug-likeness (QED) is 0.510. The molecule has 0 aromatic rings. The van der Waals surface area contributed by atoms with E-state index in [1.807, 2.05) is 6.92 Å². The number of rotatable bonds is 3. The Balaban J connectivity index is 1.97. The molecule has 2 heteroatoms. The lowest BCUT2D eigenvalue weighted by molar-refractivity contribution is -0.154. The number of carbonyl (C=O) groups is 1. The summed E-state index contributed by atoms with van der Waals surface area (Å²) < 4.78 is 5.60. The fraction of sp³-hybridized carbons (Fsp3) is 0.750. The highest BCUT2D eigenvalue weighted by Gasteiger charge is 2.47. The number of carbonyl (C=O) groups excluding carboxylic acids is 1. The van der Waals surface area contributed by atoms with Crippen LogP contribution in [-0.4, -0.2) is 11.6 Å². The van der Waals surface area contributed by atoms with Gasteiger partial charge in [-0.2, -0.15) is 0 Å². The third kappa shape index (κ3) is 1.58. The van der Waals surface area contributed by atoms with E-state index in [9.17, 15) is 4.79 Å². The number of hydrogen-bond donors (Lipinski definition) is 0. The Morgan fingerprint density at radius 3 is 2.57 bits per heavy atom. The Bertz CT molecular complexity index is 259. The maximum Gasteiger partial charge on any atom is 0.333 e. The van der Waals surface area contributed by atoms with Crippen molar-refractivity contribution in [2.75, 3.05) is 0 Å². The molecule has 2 nitrogen and oxygen atoms in total. The van der Waals surface area contributed by atoms with Crippen LogP contribution in [0.1, 0.15) is 45.4 Å². The molecule has 0 atom stereocenters. The Morgan fingerprint density at radius 1 is 1.50 bits per heavy atom. The number of hydrogen-bond acceptors (Lipinski definition) is 2. The van der Waals surface area contributed by atoms with Gasteiger partial charge in [-0.3, -0.25) is 0 Å². The second kappa shape index (κ2) is 3.41. The SMILES string of the molecule is C=C(CC)C(=O)OC12CCC(CC1)C2. The number of esters is 1. The van der Waals surface area contributed by atoms with Crippen LogP contribution in [0.5, 0.6) is 0 Å². The maximum atomic E-state index is 11.6. The summed E-state index contributed by atoms with van der Waals surface area (Å²) in [6, 6.07) is 0. The molecule has 2 fully saturated rings. The van der Waals surface area contributed by atoms with Crippen LogP contribution in [0.25, 0.3) is 0 Å². The fourth-order valence-electron chi connectivity index (χ4n) is 2.69. The highest BCUT2D eigenvalue weighted by molar-refractivity contribution is 5.87. The van der Waals surface area contributed by atoms with Gasteiger partial charge in [0.1, 0.15) is 5.60 Å². The zero-order valence-corrected chi connectivity index (χ0v) is 8.84. The normalized spacial score (nSPS) is 34.5. The van der Waals surface area contributed by atoms with E-state index in [1.54, 1.807) is 0 Å². The van der Waals surface area contributed by atoms with Gasteiger partial charge < -0.3 is 4.74 Å².